The van der Waals surface area contributed by atoms with Crippen molar-refractivity contribution in [3.8, 4) is 22.1 Å². The number of hydrogen-bond acceptors (Lipinski definition) is 8. The summed E-state index contributed by atoms with van der Waals surface area (Å²) in [5.41, 5.74) is 4.80. The molecule has 0 spiro atoms. The molecule has 0 aliphatic heterocycles. The summed E-state index contributed by atoms with van der Waals surface area (Å²) in [7, 11) is 0. The quantitative estimate of drug-likeness (QED) is 0.546. The number of rotatable bonds is 5. The zero-order valence-corrected chi connectivity index (χ0v) is 16.6. The van der Waals surface area contributed by atoms with Crippen LogP contribution in [0.15, 0.2) is 49.1 Å². The fourth-order valence-electron chi connectivity index (χ4n) is 2.80. The van der Waals surface area contributed by atoms with Crippen LogP contribution >= 0.6 is 11.3 Å². The Hall–Kier alpha value is -3.59. The fourth-order valence-corrected chi connectivity index (χ4v) is 3.51. The van der Waals surface area contributed by atoms with E-state index in [1.807, 2.05) is 32.0 Å². The first kappa shape index (κ1) is 18.8. The van der Waals surface area contributed by atoms with Crippen LogP contribution in [-0.4, -0.2) is 36.0 Å². The van der Waals surface area contributed by atoms with Crippen LogP contribution in [0.25, 0.3) is 22.1 Å². The maximum Gasteiger partial charge on any atom is 0.282 e. The van der Waals surface area contributed by atoms with E-state index < -0.39 is 0 Å². The maximum atomic E-state index is 12.4. The van der Waals surface area contributed by atoms with Crippen molar-refractivity contribution in [2.75, 3.05) is 0 Å². The molecule has 144 valence electrons. The highest BCUT2D eigenvalue weighted by Gasteiger charge is 2.15. The van der Waals surface area contributed by atoms with Crippen molar-refractivity contribution < 1.29 is 4.79 Å². The Balaban J connectivity index is 1.43. The van der Waals surface area contributed by atoms with E-state index in [-0.39, 0.29) is 10.9 Å². The molecule has 0 atom stereocenters. The van der Waals surface area contributed by atoms with Gasteiger partial charge in [0, 0.05) is 42.6 Å². The Morgan fingerprint density at radius 2 is 1.86 bits per heavy atom. The minimum absolute atomic E-state index is 0.265. The molecular formula is C20H17N7OS. The van der Waals surface area contributed by atoms with Crippen molar-refractivity contribution in [2.45, 2.75) is 20.4 Å². The Morgan fingerprint density at radius 1 is 1.03 bits per heavy atom. The van der Waals surface area contributed by atoms with E-state index in [0.29, 0.717) is 17.4 Å². The van der Waals surface area contributed by atoms with Crippen molar-refractivity contribution in [3.05, 3.63) is 70.9 Å². The smallest absolute Gasteiger partial charge is 0.282 e. The molecule has 0 radical (unpaired) electrons. The number of pyridine rings is 2. The van der Waals surface area contributed by atoms with Gasteiger partial charge in [0.1, 0.15) is 0 Å². The normalized spacial score (nSPS) is 10.7. The van der Waals surface area contributed by atoms with Gasteiger partial charge in [0.2, 0.25) is 5.01 Å². The van der Waals surface area contributed by atoms with Crippen molar-refractivity contribution in [1.82, 2.24) is 35.5 Å². The molecule has 4 rings (SSSR count). The number of nitrogens with zero attached hydrogens (tertiary/aromatic N) is 6. The predicted octanol–water partition coefficient (Wildman–Crippen LogP) is 3.00. The Morgan fingerprint density at radius 3 is 2.62 bits per heavy atom. The van der Waals surface area contributed by atoms with Crippen LogP contribution in [0, 0.1) is 13.8 Å². The molecule has 29 heavy (non-hydrogen) atoms. The summed E-state index contributed by atoms with van der Waals surface area (Å²) >= 11 is 1.15. The summed E-state index contributed by atoms with van der Waals surface area (Å²) in [5.74, 6) is 0.155. The van der Waals surface area contributed by atoms with Gasteiger partial charge in [-0.3, -0.25) is 14.8 Å². The zero-order chi connectivity index (χ0) is 20.2. The molecule has 9 heteroatoms. The number of amides is 1. The molecule has 4 aromatic rings. The minimum Gasteiger partial charge on any atom is -0.346 e. The van der Waals surface area contributed by atoms with Gasteiger partial charge in [-0.25, -0.2) is 9.97 Å². The molecule has 1 N–H and O–H groups in total. The van der Waals surface area contributed by atoms with Gasteiger partial charge < -0.3 is 5.32 Å². The summed E-state index contributed by atoms with van der Waals surface area (Å²) < 4.78 is 0. The number of carbonyl (C=O) groups excluding carboxylic acids is 1. The van der Waals surface area contributed by atoms with E-state index in [4.69, 9.17) is 0 Å². The van der Waals surface area contributed by atoms with Crippen LogP contribution in [0.4, 0.5) is 0 Å². The van der Waals surface area contributed by atoms with Crippen LogP contribution in [0.2, 0.25) is 0 Å². The fraction of sp³-hybridized carbons (Fsp3) is 0.150. The van der Waals surface area contributed by atoms with Crippen molar-refractivity contribution in [2.24, 2.45) is 0 Å². The van der Waals surface area contributed by atoms with Gasteiger partial charge in [0.15, 0.2) is 10.8 Å². The van der Waals surface area contributed by atoms with E-state index in [1.165, 1.54) is 0 Å². The molecule has 0 aliphatic carbocycles. The molecule has 0 aromatic carbocycles. The molecule has 8 nitrogen and oxygen atoms in total. The second kappa shape index (κ2) is 8.19. The van der Waals surface area contributed by atoms with E-state index in [0.717, 1.165) is 39.4 Å². The number of aryl methyl sites for hydroxylation is 2. The molecule has 4 aromatic heterocycles. The largest absolute Gasteiger partial charge is 0.346 e. The zero-order valence-electron chi connectivity index (χ0n) is 15.8. The summed E-state index contributed by atoms with van der Waals surface area (Å²) in [4.78, 5) is 29.4. The van der Waals surface area contributed by atoms with Crippen LogP contribution in [0.5, 0.6) is 0 Å². The molecule has 1 amide bonds. The van der Waals surface area contributed by atoms with Crippen LogP contribution in [0.3, 0.4) is 0 Å². The third-order valence-electron chi connectivity index (χ3n) is 4.13. The third-order valence-corrected chi connectivity index (χ3v) is 5.05. The third kappa shape index (κ3) is 4.30. The van der Waals surface area contributed by atoms with Gasteiger partial charge in [0.05, 0.1) is 5.69 Å². The monoisotopic (exact) mass is 403 g/mol. The molecule has 0 saturated heterocycles. The van der Waals surface area contributed by atoms with Gasteiger partial charge in [-0.1, -0.05) is 17.4 Å². The van der Waals surface area contributed by atoms with Crippen molar-refractivity contribution in [3.63, 3.8) is 0 Å². The topological polar surface area (TPSA) is 106 Å². The predicted molar refractivity (Wildman–Crippen MR) is 109 cm³/mol. The van der Waals surface area contributed by atoms with Gasteiger partial charge in [0.25, 0.3) is 5.91 Å². The summed E-state index contributed by atoms with van der Waals surface area (Å²) in [6.45, 7) is 4.30. The van der Waals surface area contributed by atoms with Crippen molar-refractivity contribution in [1.29, 1.82) is 0 Å². The van der Waals surface area contributed by atoms with E-state index in [2.05, 4.69) is 35.5 Å². The molecule has 0 aliphatic rings. The first-order valence-corrected chi connectivity index (χ1v) is 9.69. The highest BCUT2D eigenvalue weighted by Crippen LogP contribution is 2.22. The van der Waals surface area contributed by atoms with Crippen LogP contribution in [0.1, 0.15) is 26.6 Å². The summed E-state index contributed by atoms with van der Waals surface area (Å²) in [6, 6.07) is 7.67. The first-order valence-electron chi connectivity index (χ1n) is 8.88. The number of carbonyl (C=O) groups is 1. The first-order chi connectivity index (χ1) is 14.1. The van der Waals surface area contributed by atoms with Gasteiger partial charge in [-0.2, -0.15) is 0 Å². The average molecular weight is 403 g/mol. The maximum absolute atomic E-state index is 12.4. The lowest BCUT2D eigenvalue weighted by molar-refractivity contribution is 0.0949. The lowest BCUT2D eigenvalue weighted by atomic mass is 10.1. The molecule has 0 saturated carbocycles. The molecule has 0 unspecified atom stereocenters. The standard InChI is InChI=1S/C20H17N7OS/c1-12-8-14(10-24-16(12)15-4-7-21-13(2)9-15)11-25-18(28)20-27-26-19(29-20)17-22-5-3-6-23-17/h3-10H,11H2,1-2H3,(H,25,28). The van der Waals surface area contributed by atoms with Gasteiger partial charge >= 0.3 is 0 Å². The Labute approximate surface area is 171 Å². The number of nitrogens with one attached hydrogen (secondary N) is 1. The minimum atomic E-state index is -0.295. The Bertz CT molecular complexity index is 1160. The van der Waals surface area contributed by atoms with Crippen LogP contribution < -0.4 is 5.32 Å². The van der Waals surface area contributed by atoms with Crippen LogP contribution in [-0.2, 0) is 6.54 Å². The second-order valence-corrected chi connectivity index (χ2v) is 7.34. The number of hydrogen-bond donors (Lipinski definition) is 1. The van der Waals surface area contributed by atoms with E-state index in [1.54, 1.807) is 30.9 Å². The average Bonchev–Trinajstić information content (AvgIpc) is 3.23. The van der Waals surface area contributed by atoms with E-state index in [9.17, 15) is 4.79 Å². The highest BCUT2D eigenvalue weighted by molar-refractivity contribution is 7.16. The molecule has 0 bridgehead atoms. The highest BCUT2D eigenvalue weighted by atomic mass is 32.1. The number of aromatic nitrogens is 6. The molecule has 0 fully saturated rings. The Kier molecular flexibility index (Phi) is 5.30. The van der Waals surface area contributed by atoms with E-state index >= 15 is 0 Å². The van der Waals surface area contributed by atoms with Crippen molar-refractivity contribution >= 4 is 17.2 Å². The lowest BCUT2D eigenvalue weighted by Crippen LogP contribution is -2.22. The van der Waals surface area contributed by atoms with Gasteiger partial charge in [-0.05, 0) is 43.2 Å². The van der Waals surface area contributed by atoms with Gasteiger partial charge in [-0.15, -0.1) is 10.2 Å². The SMILES string of the molecule is Cc1cc(-c2ncc(CNC(=O)c3nnc(-c4ncccn4)s3)cc2C)ccn1. The summed E-state index contributed by atoms with van der Waals surface area (Å²) in [6.07, 6.45) is 6.78. The molecule has 4 heterocycles. The molecular weight excluding hydrogens is 386 g/mol. The lowest BCUT2D eigenvalue weighted by Gasteiger charge is -2.09. The second-order valence-electron chi connectivity index (χ2n) is 6.36. The summed E-state index contributed by atoms with van der Waals surface area (Å²) in [5, 5.41) is 11.6.